The number of nitrogens with zero attached hydrogens (tertiary/aromatic N) is 1. The van der Waals surface area contributed by atoms with Crippen LogP contribution in [0.4, 0.5) is 0 Å². The van der Waals surface area contributed by atoms with Gasteiger partial charge in [0.25, 0.3) is 0 Å². The Balaban J connectivity index is 0.00000225. The molecule has 1 amide bonds. The third kappa shape index (κ3) is 3.95. The van der Waals surface area contributed by atoms with Gasteiger partial charge in [-0.25, -0.2) is 5.01 Å². The smallest absolute Gasteiger partial charge is 0.239 e. The summed E-state index contributed by atoms with van der Waals surface area (Å²) in [5, 5.41) is 2.12. The molecule has 0 aliphatic carbocycles. The molecule has 2 unspecified atom stereocenters. The van der Waals surface area contributed by atoms with Crippen LogP contribution < -0.4 is 5.43 Å². The maximum absolute atomic E-state index is 11.9. The van der Waals surface area contributed by atoms with E-state index in [1.54, 1.807) is 0 Å². The molecule has 3 nitrogen and oxygen atoms in total. The molecule has 1 rings (SSSR count). The first-order valence-corrected chi connectivity index (χ1v) is 5.92. The van der Waals surface area contributed by atoms with Crippen molar-refractivity contribution in [2.75, 3.05) is 0 Å². The van der Waals surface area contributed by atoms with Gasteiger partial charge in [-0.1, -0.05) is 27.2 Å². The van der Waals surface area contributed by atoms with Gasteiger partial charge in [0.05, 0.1) is 0 Å². The average molecular weight is 249 g/mol. The SMILES string of the molecule is CC1CCCC(C)N1NC(=O)C(C)(C)C.Cl. The van der Waals surface area contributed by atoms with E-state index >= 15 is 0 Å². The van der Waals surface area contributed by atoms with Crippen LogP contribution in [0.25, 0.3) is 0 Å². The first kappa shape index (κ1) is 15.7. The molecule has 2 atom stereocenters. The lowest BCUT2D eigenvalue weighted by molar-refractivity contribution is -0.137. The highest BCUT2D eigenvalue weighted by molar-refractivity contribution is 5.85. The number of piperidine rings is 1. The second-order valence-corrected chi connectivity index (χ2v) is 5.73. The summed E-state index contributed by atoms with van der Waals surface area (Å²) in [6.07, 6.45) is 3.62. The number of hydrazine groups is 1. The van der Waals surface area contributed by atoms with E-state index in [-0.39, 0.29) is 23.7 Å². The number of carbonyl (C=O) groups is 1. The van der Waals surface area contributed by atoms with E-state index < -0.39 is 0 Å². The second kappa shape index (κ2) is 5.87. The molecule has 0 radical (unpaired) electrons. The van der Waals surface area contributed by atoms with Gasteiger partial charge in [-0.05, 0) is 26.7 Å². The maximum Gasteiger partial charge on any atom is 0.239 e. The van der Waals surface area contributed by atoms with Gasteiger partial charge in [0.2, 0.25) is 5.91 Å². The van der Waals surface area contributed by atoms with E-state index in [1.165, 1.54) is 19.3 Å². The fourth-order valence-electron chi connectivity index (χ4n) is 1.93. The molecule has 1 aliphatic rings. The Hall–Kier alpha value is -0.280. The van der Waals surface area contributed by atoms with E-state index in [4.69, 9.17) is 0 Å². The fraction of sp³-hybridized carbons (Fsp3) is 0.917. The topological polar surface area (TPSA) is 32.3 Å². The van der Waals surface area contributed by atoms with Crippen molar-refractivity contribution < 1.29 is 4.79 Å². The van der Waals surface area contributed by atoms with Crippen molar-refractivity contribution in [1.82, 2.24) is 10.4 Å². The Morgan fingerprint density at radius 1 is 1.19 bits per heavy atom. The van der Waals surface area contributed by atoms with Crippen LogP contribution in [-0.4, -0.2) is 23.0 Å². The van der Waals surface area contributed by atoms with Crippen LogP contribution in [0.2, 0.25) is 0 Å². The minimum absolute atomic E-state index is 0. The van der Waals surface area contributed by atoms with Crippen LogP contribution in [0.1, 0.15) is 53.9 Å². The Morgan fingerprint density at radius 2 is 1.62 bits per heavy atom. The standard InChI is InChI=1S/C12H24N2O.ClH/c1-9-7-6-8-10(2)14(9)13-11(15)12(3,4)5;/h9-10H,6-8H2,1-5H3,(H,13,15);1H. The molecule has 16 heavy (non-hydrogen) atoms. The van der Waals surface area contributed by atoms with Gasteiger partial charge in [0.1, 0.15) is 0 Å². The van der Waals surface area contributed by atoms with Crippen LogP contribution >= 0.6 is 12.4 Å². The normalized spacial score (nSPS) is 27.1. The highest BCUT2D eigenvalue weighted by atomic mass is 35.5. The molecule has 0 spiro atoms. The number of nitrogens with one attached hydrogen (secondary N) is 1. The second-order valence-electron chi connectivity index (χ2n) is 5.73. The number of hydrogen-bond donors (Lipinski definition) is 1. The zero-order chi connectivity index (χ0) is 11.6. The molecule has 1 fully saturated rings. The molecule has 1 heterocycles. The Kier molecular flexibility index (Phi) is 5.77. The molecule has 0 aromatic heterocycles. The van der Waals surface area contributed by atoms with Crippen molar-refractivity contribution in [3.05, 3.63) is 0 Å². The van der Waals surface area contributed by atoms with Gasteiger partial charge in [-0.2, -0.15) is 0 Å². The number of halogens is 1. The summed E-state index contributed by atoms with van der Waals surface area (Å²) in [5.41, 5.74) is 2.74. The molecule has 1 saturated heterocycles. The summed E-state index contributed by atoms with van der Waals surface area (Å²) in [6.45, 7) is 10.2. The summed E-state index contributed by atoms with van der Waals surface area (Å²) in [6, 6.07) is 0.917. The van der Waals surface area contributed by atoms with Crippen molar-refractivity contribution in [2.45, 2.75) is 66.0 Å². The van der Waals surface area contributed by atoms with E-state index in [0.29, 0.717) is 12.1 Å². The predicted octanol–water partition coefficient (Wildman–Crippen LogP) is 2.75. The lowest BCUT2D eigenvalue weighted by Gasteiger charge is -2.40. The Labute approximate surface area is 105 Å². The van der Waals surface area contributed by atoms with Crippen LogP contribution in [0.3, 0.4) is 0 Å². The summed E-state index contributed by atoms with van der Waals surface area (Å²) in [5.74, 6) is 0.114. The van der Waals surface area contributed by atoms with Gasteiger partial charge >= 0.3 is 0 Å². The average Bonchev–Trinajstić information content (AvgIpc) is 2.09. The van der Waals surface area contributed by atoms with Gasteiger partial charge in [-0.3, -0.25) is 10.2 Å². The molecule has 0 bridgehead atoms. The van der Waals surface area contributed by atoms with Crippen LogP contribution in [-0.2, 0) is 4.79 Å². The quantitative estimate of drug-likeness (QED) is 0.774. The van der Waals surface area contributed by atoms with Crippen molar-refractivity contribution >= 4 is 18.3 Å². The molecule has 0 aromatic carbocycles. The molecular formula is C12H25ClN2O. The Bertz CT molecular complexity index is 228. The van der Waals surface area contributed by atoms with E-state index in [9.17, 15) is 4.79 Å². The lowest BCUT2D eigenvalue weighted by Crippen LogP contribution is -2.56. The monoisotopic (exact) mass is 248 g/mol. The minimum atomic E-state index is -0.309. The van der Waals surface area contributed by atoms with Crippen molar-refractivity contribution in [1.29, 1.82) is 0 Å². The van der Waals surface area contributed by atoms with Gasteiger partial charge in [-0.15, -0.1) is 12.4 Å². The molecule has 1 N–H and O–H groups in total. The summed E-state index contributed by atoms with van der Waals surface area (Å²) < 4.78 is 0. The van der Waals surface area contributed by atoms with E-state index in [2.05, 4.69) is 24.3 Å². The zero-order valence-electron chi connectivity index (χ0n) is 11.0. The van der Waals surface area contributed by atoms with Gasteiger partial charge in [0.15, 0.2) is 0 Å². The minimum Gasteiger partial charge on any atom is -0.288 e. The van der Waals surface area contributed by atoms with Crippen molar-refractivity contribution in [2.24, 2.45) is 5.41 Å². The summed E-state index contributed by atoms with van der Waals surface area (Å²) in [7, 11) is 0. The number of amides is 1. The molecule has 0 aromatic rings. The predicted molar refractivity (Wildman–Crippen MR) is 69.5 cm³/mol. The third-order valence-corrected chi connectivity index (χ3v) is 3.11. The number of rotatable bonds is 1. The highest BCUT2D eigenvalue weighted by Gasteiger charge is 2.29. The highest BCUT2D eigenvalue weighted by Crippen LogP contribution is 2.21. The van der Waals surface area contributed by atoms with Gasteiger partial charge in [0, 0.05) is 17.5 Å². The maximum atomic E-state index is 11.9. The van der Waals surface area contributed by atoms with Crippen molar-refractivity contribution in [3.63, 3.8) is 0 Å². The number of carbonyl (C=O) groups excluding carboxylic acids is 1. The molecule has 1 aliphatic heterocycles. The van der Waals surface area contributed by atoms with E-state index in [0.717, 1.165) is 0 Å². The summed E-state index contributed by atoms with van der Waals surface area (Å²) in [4.78, 5) is 11.9. The zero-order valence-corrected chi connectivity index (χ0v) is 11.9. The fourth-order valence-corrected chi connectivity index (χ4v) is 1.93. The molecule has 0 saturated carbocycles. The summed E-state index contributed by atoms with van der Waals surface area (Å²) >= 11 is 0. The van der Waals surface area contributed by atoms with Crippen LogP contribution in [0, 0.1) is 5.41 Å². The third-order valence-electron chi connectivity index (χ3n) is 3.11. The Morgan fingerprint density at radius 3 is 2.00 bits per heavy atom. The molecule has 4 heteroatoms. The van der Waals surface area contributed by atoms with Crippen LogP contribution in [0.5, 0.6) is 0 Å². The molecule has 96 valence electrons. The first-order chi connectivity index (χ1) is 6.82. The van der Waals surface area contributed by atoms with E-state index in [1.807, 2.05) is 20.8 Å². The largest absolute Gasteiger partial charge is 0.288 e. The van der Waals surface area contributed by atoms with Crippen LogP contribution in [0.15, 0.2) is 0 Å². The molecular weight excluding hydrogens is 224 g/mol. The van der Waals surface area contributed by atoms with Crippen molar-refractivity contribution in [3.8, 4) is 0 Å². The first-order valence-electron chi connectivity index (χ1n) is 5.92. The number of hydrogen-bond acceptors (Lipinski definition) is 2. The lowest BCUT2D eigenvalue weighted by atomic mass is 9.95. The van der Waals surface area contributed by atoms with Gasteiger partial charge < -0.3 is 0 Å².